The molecule has 5 N–H and O–H groups in total. The van der Waals surface area contributed by atoms with E-state index in [1.807, 2.05) is 0 Å². The highest BCUT2D eigenvalue weighted by molar-refractivity contribution is 6.62. The second-order valence-corrected chi connectivity index (χ2v) is 7.40. The first kappa shape index (κ1) is 22.9. The normalized spacial score (nSPS) is 15.2. The van der Waals surface area contributed by atoms with E-state index in [-0.39, 0.29) is 24.1 Å². The lowest BCUT2D eigenvalue weighted by molar-refractivity contribution is -0.139. The van der Waals surface area contributed by atoms with Gasteiger partial charge < -0.3 is 35.1 Å². The minimum absolute atomic E-state index is 0.0230. The van der Waals surface area contributed by atoms with Crippen molar-refractivity contribution in [3.05, 3.63) is 58.2 Å². The Bertz CT molecular complexity index is 1170. The van der Waals surface area contributed by atoms with Gasteiger partial charge in [-0.3, -0.25) is 9.59 Å². The second kappa shape index (κ2) is 8.90. The van der Waals surface area contributed by atoms with Crippen LogP contribution in [0.5, 0.6) is 0 Å². The van der Waals surface area contributed by atoms with Crippen LogP contribution in [0.2, 0.25) is 0 Å². The number of carbonyl (C=O) groups excluding carboxylic acids is 2. The van der Waals surface area contributed by atoms with E-state index in [2.05, 4.69) is 10.6 Å². The van der Waals surface area contributed by atoms with Gasteiger partial charge in [0.25, 0.3) is 11.8 Å². The molecule has 170 valence electrons. The van der Waals surface area contributed by atoms with Crippen LogP contribution >= 0.6 is 0 Å². The predicted octanol–water partition coefficient (Wildman–Crippen LogP) is -1.99. The third kappa shape index (κ3) is 4.20. The predicted molar refractivity (Wildman–Crippen MR) is 109 cm³/mol. The zero-order chi connectivity index (χ0) is 23.9. The van der Waals surface area contributed by atoms with E-state index in [9.17, 15) is 38.3 Å². The summed E-state index contributed by atoms with van der Waals surface area (Å²) in [6.45, 7) is -0.708. The number of carbonyl (C=O) groups is 3. The lowest BCUT2D eigenvalue weighted by Crippen LogP contribution is -2.49. The highest BCUT2D eigenvalue weighted by atomic mass is 19.1. The Morgan fingerprint density at radius 1 is 0.909 bits per heavy atom. The van der Waals surface area contributed by atoms with Crippen LogP contribution in [0.15, 0.2) is 24.3 Å². The molecule has 1 atom stereocenters. The van der Waals surface area contributed by atoms with Crippen LogP contribution in [0.1, 0.15) is 31.8 Å². The molecule has 0 bridgehead atoms. The van der Waals surface area contributed by atoms with E-state index in [1.54, 1.807) is 0 Å². The van der Waals surface area contributed by atoms with Crippen molar-refractivity contribution < 1.29 is 47.6 Å². The molecular weight excluding hydrogens is 444 g/mol. The summed E-state index contributed by atoms with van der Waals surface area (Å²) in [4.78, 5) is 36.4. The van der Waals surface area contributed by atoms with Crippen molar-refractivity contribution >= 4 is 42.9 Å². The van der Waals surface area contributed by atoms with E-state index in [4.69, 9.17) is 9.31 Å². The van der Waals surface area contributed by atoms with Gasteiger partial charge in [-0.2, -0.15) is 0 Å². The number of nitrogens with one attached hydrogen (secondary N) is 2. The van der Waals surface area contributed by atoms with E-state index in [1.165, 1.54) is 12.1 Å². The molecular formula is C19H16B2F2N2O8. The van der Waals surface area contributed by atoms with Gasteiger partial charge in [-0.05, 0) is 23.3 Å². The molecule has 0 spiro atoms. The summed E-state index contributed by atoms with van der Waals surface area (Å²) in [7, 11) is -3.07. The second-order valence-electron chi connectivity index (χ2n) is 7.40. The largest absolute Gasteiger partial charge is 0.494 e. The molecule has 0 radical (unpaired) electrons. The van der Waals surface area contributed by atoms with Crippen LogP contribution in [-0.2, 0) is 27.3 Å². The smallest absolute Gasteiger partial charge is 0.480 e. The van der Waals surface area contributed by atoms with E-state index in [0.29, 0.717) is 11.1 Å². The van der Waals surface area contributed by atoms with E-state index in [0.717, 1.165) is 12.1 Å². The Morgan fingerprint density at radius 3 is 1.88 bits per heavy atom. The third-order valence-corrected chi connectivity index (χ3v) is 5.39. The SMILES string of the molecule is O=C(NCC(NC(=O)c1ccc2c(c1F)B(O)OC2)C(=O)O)c1ccc2c(c1F)B(O)OC2. The van der Waals surface area contributed by atoms with Gasteiger partial charge in [0.05, 0.1) is 24.3 Å². The van der Waals surface area contributed by atoms with Gasteiger partial charge in [-0.1, -0.05) is 12.1 Å². The first-order valence-electron chi connectivity index (χ1n) is 9.72. The fraction of sp³-hybridized carbons (Fsp3) is 0.211. The number of hydrogen-bond acceptors (Lipinski definition) is 7. The van der Waals surface area contributed by atoms with Crippen molar-refractivity contribution in [2.24, 2.45) is 0 Å². The topological polar surface area (TPSA) is 154 Å². The molecule has 0 fully saturated rings. The zero-order valence-electron chi connectivity index (χ0n) is 16.8. The summed E-state index contributed by atoms with van der Waals surface area (Å²) in [5.74, 6) is -5.68. The Labute approximate surface area is 185 Å². The molecule has 14 heteroatoms. The number of halogens is 2. The first-order chi connectivity index (χ1) is 15.7. The van der Waals surface area contributed by atoms with Crippen molar-refractivity contribution in [1.82, 2.24) is 10.6 Å². The highest BCUT2D eigenvalue weighted by Crippen LogP contribution is 2.17. The van der Waals surface area contributed by atoms with Crippen molar-refractivity contribution in [3.63, 3.8) is 0 Å². The van der Waals surface area contributed by atoms with Gasteiger partial charge >= 0.3 is 20.2 Å². The van der Waals surface area contributed by atoms with E-state index >= 15 is 0 Å². The van der Waals surface area contributed by atoms with Gasteiger partial charge in [0.15, 0.2) is 0 Å². The molecule has 0 aliphatic carbocycles. The van der Waals surface area contributed by atoms with Crippen molar-refractivity contribution in [2.45, 2.75) is 19.3 Å². The molecule has 2 aromatic carbocycles. The minimum Gasteiger partial charge on any atom is -0.480 e. The van der Waals surface area contributed by atoms with Crippen LogP contribution in [0.4, 0.5) is 8.78 Å². The molecule has 1 unspecified atom stereocenters. The number of rotatable bonds is 6. The summed E-state index contributed by atoms with van der Waals surface area (Å²) < 4.78 is 39.1. The van der Waals surface area contributed by atoms with Gasteiger partial charge in [0.1, 0.15) is 17.7 Å². The Hall–Kier alpha value is -3.32. The number of carboxylic acid groups (broad SMARTS) is 1. The standard InChI is InChI=1S/C19H16B2F2N2O8/c22-15-10(3-1-8-6-32-20(30)13(8)15)17(26)24-5-12(19(28)29)25-18(27)11-4-2-9-7-33-21(31)14(9)16(11)23/h1-4,12,30-31H,5-7H2,(H,24,26)(H,25,27)(H,28,29). The average Bonchev–Trinajstić information content (AvgIpc) is 3.34. The van der Waals surface area contributed by atoms with Crippen LogP contribution < -0.4 is 21.6 Å². The molecule has 0 saturated heterocycles. The Morgan fingerprint density at radius 2 is 1.39 bits per heavy atom. The monoisotopic (exact) mass is 460 g/mol. The molecule has 0 saturated carbocycles. The van der Waals surface area contributed by atoms with Crippen LogP contribution in [0.3, 0.4) is 0 Å². The van der Waals surface area contributed by atoms with Crippen LogP contribution in [0.25, 0.3) is 0 Å². The quantitative estimate of drug-likeness (QED) is 0.311. The summed E-state index contributed by atoms with van der Waals surface area (Å²) in [5, 5.41) is 33.1. The summed E-state index contributed by atoms with van der Waals surface area (Å²) >= 11 is 0. The number of aliphatic carboxylic acids is 1. The molecule has 2 aliphatic heterocycles. The Kier molecular flexibility index (Phi) is 6.17. The molecule has 10 nitrogen and oxygen atoms in total. The third-order valence-electron chi connectivity index (χ3n) is 5.39. The molecule has 2 amide bonds. The highest BCUT2D eigenvalue weighted by Gasteiger charge is 2.35. The molecule has 2 heterocycles. The van der Waals surface area contributed by atoms with E-state index < -0.39 is 67.4 Å². The fourth-order valence-corrected chi connectivity index (χ4v) is 3.63. The maximum atomic E-state index is 14.7. The maximum absolute atomic E-state index is 14.7. The van der Waals surface area contributed by atoms with Gasteiger partial charge in [0.2, 0.25) is 0 Å². The van der Waals surface area contributed by atoms with Crippen molar-refractivity contribution in [1.29, 1.82) is 0 Å². The van der Waals surface area contributed by atoms with Crippen LogP contribution in [0, 0.1) is 11.6 Å². The van der Waals surface area contributed by atoms with Gasteiger partial charge in [-0.25, -0.2) is 13.6 Å². The average molecular weight is 460 g/mol. The fourth-order valence-electron chi connectivity index (χ4n) is 3.63. The number of carboxylic acids is 1. The summed E-state index contributed by atoms with van der Waals surface area (Å²) in [6, 6.07) is 3.37. The zero-order valence-corrected chi connectivity index (χ0v) is 16.8. The molecule has 4 rings (SSSR count). The molecule has 2 aliphatic rings. The van der Waals surface area contributed by atoms with Gasteiger partial charge in [0, 0.05) is 17.5 Å². The Balaban J connectivity index is 1.46. The lowest BCUT2D eigenvalue weighted by Gasteiger charge is -2.17. The van der Waals surface area contributed by atoms with Crippen LogP contribution in [-0.4, -0.2) is 59.8 Å². The molecule has 33 heavy (non-hydrogen) atoms. The minimum atomic E-state index is -1.68. The number of benzene rings is 2. The number of amides is 2. The maximum Gasteiger partial charge on any atom is 0.494 e. The van der Waals surface area contributed by atoms with Gasteiger partial charge in [-0.15, -0.1) is 0 Å². The first-order valence-corrected chi connectivity index (χ1v) is 9.72. The molecule has 2 aromatic rings. The van der Waals surface area contributed by atoms with Crippen molar-refractivity contribution in [3.8, 4) is 0 Å². The van der Waals surface area contributed by atoms with Crippen molar-refractivity contribution in [2.75, 3.05) is 6.54 Å². The number of fused-ring (bicyclic) bond motifs is 2. The lowest BCUT2D eigenvalue weighted by atomic mass is 9.78. The molecule has 0 aromatic heterocycles. The number of hydrogen-bond donors (Lipinski definition) is 5. The summed E-state index contributed by atoms with van der Waals surface area (Å²) in [5.41, 5.74) is -0.628. The summed E-state index contributed by atoms with van der Waals surface area (Å²) in [6.07, 6.45) is 0.